The molecule has 0 aromatic carbocycles. The van der Waals surface area contributed by atoms with Gasteiger partial charge in [0.15, 0.2) is 5.41 Å². The average Bonchev–Trinajstić information content (AvgIpc) is 2.28. The van der Waals surface area contributed by atoms with Gasteiger partial charge in [0.2, 0.25) is 0 Å². The Morgan fingerprint density at radius 1 is 1.00 bits per heavy atom. The lowest BCUT2D eigenvalue weighted by molar-refractivity contribution is -0.172. The van der Waals surface area contributed by atoms with Gasteiger partial charge in [-0.2, -0.15) is 0 Å². The maximum Gasteiger partial charge on any atom is 0.323 e. The molecule has 0 radical (unpaired) electrons. The zero-order valence-corrected chi connectivity index (χ0v) is 13.1. The van der Waals surface area contributed by atoms with E-state index in [4.69, 9.17) is 9.47 Å². The van der Waals surface area contributed by atoms with Crippen LogP contribution in [0.25, 0.3) is 0 Å². The number of hydrogen-bond acceptors (Lipinski definition) is 4. The molecule has 0 N–H and O–H groups in total. The summed E-state index contributed by atoms with van der Waals surface area (Å²) in [6.07, 6.45) is 1.43. The minimum Gasteiger partial charge on any atom is -0.465 e. The van der Waals surface area contributed by atoms with Gasteiger partial charge in [0, 0.05) is 0 Å². The number of hydrogen-bond donors (Lipinski definition) is 0. The highest BCUT2D eigenvalue weighted by Crippen LogP contribution is 2.32. The molecule has 0 saturated carbocycles. The molecule has 4 nitrogen and oxygen atoms in total. The summed E-state index contributed by atoms with van der Waals surface area (Å²) in [6, 6.07) is 0. The second-order valence-electron chi connectivity index (χ2n) is 5.71. The van der Waals surface area contributed by atoms with E-state index in [1.54, 1.807) is 20.8 Å². The fourth-order valence-corrected chi connectivity index (χ4v) is 2.42. The smallest absolute Gasteiger partial charge is 0.323 e. The van der Waals surface area contributed by atoms with E-state index in [1.165, 1.54) is 0 Å². The molecule has 0 rings (SSSR count). The Balaban J connectivity index is 4.94. The Labute approximate surface area is 116 Å². The van der Waals surface area contributed by atoms with Crippen LogP contribution in [-0.2, 0) is 19.1 Å². The summed E-state index contributed by atoms with van der Waals surface area (Å²) in [5.74, 6) is -0.171. The predicted octanol–water partition coefficient (Wildman–Crippen LogP) is 3.19. The molecule has 0 aromatic heterocycles. The molecule has 0 bridgehead atoms. The Hall–Kier alpha value is -1.06. The van der Waals surface area contributed by atoms with Gasteiger partial charge < -0.3 is 9.47 Å². The third-order valence-corrected chi connectivity index (χ3v) is 3.08. The molecule has 4 heteroatoms. The molecule has 0 heterocycles. The quantitative estimate of drug-likeness (QED) is 0.503. The molecule has 0 aliphatic rings. The first-order valence-corrected chi connectivity index (χ1v) is 7.12. The zero-order valence-electron chi connectivity index (χ0n) is 13.1. The Bertz CT molecular complexity index is 279. The second-order valence-corrected chi connectivity index (χ2v) is 5.71. The van der Waals surface area contributed by atoms with Gasteiger partial charge in [-0.05, 0) is 45.4 Å². The van der Waals surface area contributed by atoms with Gasteiger partial charge in [-0.1, -0.05) is 20.8 Å². The standard InChI is InChI=1S/C15H28O4/c1-7-18-13(16)15(6,14(17)19-8-2)10-12(5)9-11(3)4/h11-12H,7-10H2,1-6H3. The Morgan fingerprint density at radius 2 is 1.42 bits per heavy atom. The molecule has 0 saturated heterocycles. The van der Waals surface area contributed by atoms with E-state index in [1.807, 2.05) is 0 Å². The maximum atomic E-state index is 12.1. The van der Waals surface area contributed by atoms with E-state index in [9.17, 15) is 9.59 Å². The van der Waals surface area contributed by atoms with E-state index in [0.717, 1.165) is 6.42 Å². The molecular weight excluding hydrogens is 244 g/mol. The molecule has 1 unspecified atom stereocenters. The first-order chi connectivity index (χ1) is 8.77. The monoisotopic (exact) mass is 272 g/mol. The van der Waals surface area contributed by atoms with E-state index >= 15 is 0 Å². The second kappa shape index (κ2) is 8.18. The lowest BCUT2D eigenvalue weighted by Crippen LogP contribution is -2.41. The van der Waals surface area contributed by atoms with Crippen molar-refractivity contribution >= 4 is 11.9 Å². The number of carbonyl (C=O) groups excluding carboxylic acids is 2. The van der Waals surface area contributed by atoms with Crippen molar-refractivity contribution < 1.29 is 19.1 Å². The Kier molecular flexibility index (Phi) is 7.72. The van der Waals surface area contributed by atoms with Gasteiger partial charge in [0.05, 0.1) is 13.2 Å². The van der Waals surface area contributed by atoms with E-state index in [2.05, 4.69) is 20.8 Å². The van der Waals surface area contributed by atoms with Crippen LogP contribution in [0, 0.1) is 17.3 Å². The number of esters is 2. The first-order valence-electron chi connectivity index (χ1n) is 7.12. The van der Waals surface area contributed by atoms with Crippen molar-refractivity contribution in [2.75, 3.05) is 13.2 Å². The highest BCUT2D eigenvalue weighted by molar-refractivity contribution is 5.99. The lowest BCUT2D eigenvalue weighted by Gasteiger charge is -2.28. The van der Waals surface area contributed by atoms with Crippen molar-refractivity contribution in [3.05, 3.63) is 0 Å². The van der Waals surface area contributed by atoms with Crippen LogP contribution in [0.3, 0.4) is 0 Å². The largest absolute Gasteiger partial charge is 0.465 e. The molecule has 1 atom stereocenters. The number of ether oxygens (including phenoxy) is 2. The molecular formula is C15H28O4. The zero-order chi connectivity index (χ0) is 15.1. The third kappa shape index (κ3) is 5.62. The van der Waals surface area contributed by atoms with Crippen molar-refractivity contribution in [3.63, 3.8) is 0 Å². The molecule has 0 aromatic rings. The van der Waals surface area contributed by atoms with Gasteiger partial charge in [0.25, 0.3) is 0 Å². The fraction of sp³-hybridized carbons (Fsp3) is 0.867. The normalized spacial score (nSPS) is 13.2. The summed E-state index contributed by atoms with van der Waals surface area (Å²) in [4.78, 5) is 24.2. The van der Waals surface area contributed by atoms with E-state index < -0.39 is 17.4 Å². The molecule has 0 aliphatic carbocycles. The van der Waals surface area contributed by atoms with Gasteiger partial charge >= 0.3 is 11.9 Å². The highest BCUT2D eigenvalue weighted by Gasteiger charge is 2.45. The maximum absolute atomic E-state index is 12.1. The molecule has 0 amide bonds. The predicted molar refractivity (Wildman–Crippen MR) is 74.6 cm³/mol. The van der Waals surface area contributed by atoms with Crippen LogP contribution in [0.1, 0.15) is 54.4 Å². The van der Waals surface area contributed by atoms with E-state index in [-0.39, 0.29) is 19.1 Å². The van der Waals surface area contributed by atoms with Crippen LogP contribution in [0.4, 0.5) is 0 Å². The van der Waals surface area contributed by atoms with Gasteiger partial charge in [0.1, 0.15) is 0 Å². The lowest BCUT2D eigenvalue weighted by atomic mass is 9.79. The summed E-state index contributed by atoms with van der Waals surface area (Å²) in [7, 11) is 0. The van der Waals surface area contributed by atoms with Crippen molar-refractivity contribution in [2.24, 2.45) is 17.3 Å². The number of carbonyl (C=O) groups is 2. The van der Waals surface area contributed by atoms with Crippen LogP contribution in [0.5, 0.6) is 0 Å². The average molecular weight is 272 g/mol. The van der Waals surface area contributed by atoms with Crippen molar-refractivity contribution in [1.29, 1.82) is 0 Å². The molecule has 0 spiro atoms. The fourth-order valence-electron chi connectivity index (χ4n) is 2.42. The van der Waals surface area contributed by atoms with Crippen LogP contribution in [0.2, 0.25) is 0 Å². The summed E-state index contributed by atoms with van der Waals surface area (Å²) >= 11 is 0. The van der Waals surface area contributed by atoms with Crippen LogP contribution >= 0.6 is 0 Å². The topological polar surface area (TPSA) is 52.6 Å². The van der Waals surface area contributed by atoms with Crippen molar-refractivity contribution in [3.8, 4) is 0 Å². The molecule has 19 heavy (non-hydrogen) atoms. The van der Waals surface area contributed by atoms with Crippen LogP contribution in [-0.4, -0.2) is 25.2 Å². The van der Waals surface area contributed by atoms with Crippen molar-refractivity contribution in [2.45, 2.75) is 54.4 Å². The summed E-state index contributed by atoms with van der Waals surface area (Å²) in [6.45, 7) is 11.9. The van der Waals surface area contributed by atoms with Gasteiger partial charge in [-0.3, -0.25) is 9.59 Å². The number of rotatable bonds is 8. The molecule has 0 aliphatic heterocycles. The summed E-state index contributed by atoms with van der Waals surface area (Å²) in [5.41, 5.74) is -1.19. The molecule has 112 valence electrons. The minimum atomic E-state index is -1.19. The third-order valence-electron chi connectivity index (χ3n) is 3.08. The summed E-state index contributed by atoms with van der Waals surface area (Å²) in [5, 5.41) is 0. The van der Waals surface area contributed by atoms with Crippen LogP contribution in [0.15, 0.2) is 0 Å². The van der Waals surface area contributed by atoms with Gasteiger partial charge in [-0.15, -0.1) is 0 Å². The van der Waals surface area contributed by atoms with Crippen LogP contribution < -0.4 is 0 Å². The SMILES string of the molecule is CCOC(=O)C(C)(CC(C)CC(C)C)C(=O)OCC. The first kappa shape index (κ1) is 17.9. The Morgan fingerprint density at radius 3 is 1.74 bits per heavy atom. The van der Waals surface area contributed by atoms with E-state index in [0.29, 0.717) is 12.3 Å². The highest BCUT2D eigenvalue weighted by atomic mass is 16.6. The summed E-state index contributed by atoms with van der Waals surface area (Å²) < 4.78 is 10.1. The molecule has 0 fully saturated rings. The minimum absolute atomic E-state index is 0.263. The van der Waals surface area contributed by atoms with Crippen molar-refractivity contribution in [1.82, 2.24) is 0 Å². The van der Waals surface area contributed by atoms with Gasteiger partial charge in [-0.25, -0.2) is 0 Å².